The Hall–Kier alpha value is 0.340. The lowest BCUT2D eigenvalue weighted by molar-refractivity contribution is 1.41. The monoisotopic (exact) mass is 250 g/mol. The quantitative estimate of drug-likeness (QED) is 0.710. The molecule has 0 saturated carbocycles. The number of thioether (sulfide) groups is 1. The molecule has 0 fully saturated rings. The van der Waals surface area contributed by atoms with Gasteiger partial charge in [0.05, 0.1) is 5.02 Å². The first-order valence-corrected chi connectivity index (χ1v) is 5.47. The summed E-state index contributed by atoms with van der Waals surface area (Å²) < 4.78 is 0.970. The molecule has 0 unspecified atom stereocenters. The molecule has 0 aliphatic carbocycles. The minimum atomic E-state index is 0.769. The van der Waals surface area contributed by atoms with Gasteiger partial charge in [-0.05, 0) is 39.9 Å². The molecule has 0 N–H and O–H groups in total. The average molecular weight is 252 g/mol. The summed E-state index contributed by atoms with van der Waals surface area (Å²) in [4.78, 5) is 1.25. The van der Waals surface area contributed by atoms with Crippen molar-refractivity contribution in [1.29, 1.82) is 0 Å². The minimum Gasteiger partial charge on any atom is -0.126 e. The van der Waals surface area contributed by atoms with Crippen LogP contribution in [0.25, 0.3) is 0 Å². The largest absolute Gasteiger partial charge is 0.126 e. The predicted octanol–water partition coefficient (Wildman–Crippen LogP) is 4.21. The minimum absolute atomic E-state index is 0.769. The second-order valence-electron chi connectivity index (χ2n) is 2.01. The highest BCUT2D eigenvalue weighted by atomic mass is 79.9. The molecule has 0 spiro atoms. The zero-order chi connectivity index (χ0) is 8.27. The van der Waals surface area contributed by atoms with Crippen molar-refractivity contribution in [1.82, 2.24) is 0 Å². The fourth-order valence-electron chi connectivity index (χ4n) is 0.733. The van der Waals surface area contributed by atoms with Gasteiger partial charge in [0.15, 0.2) is 0 Å². The van der Waals surface area contributed by atoms with E-state index in [9.17, 15) is 0 Å². The summed E-state index contributed by atoms with van der Waals surface area (Å²) in [6, 6.07) is 5.97. The maximum Gasteiger partial charge on any atom is 0.0548 e. The predicted molar refractivity (Wildman–Crippen MR) is 55.6 cm³/mol. The van der Waals surface area contributed by atoms with E-state index in [2.05, 4.69) is 22.9 Å². The fraction of sp³-hybridized carbons (Fsp3) is 0.250. The van der Waals surface area contributed by atoms with Crippen LogP contribution in [-0.4, -0.2) is 5.75 Å². The highest BCUT2D eigenvalue weighted by Crippen LogP contribution is 2.27. The van der Waals surface area contributed by atoms with Gasteiger partial charge in [-0.15, -0.1) is 11.8 Å². The van der Waals surface area contributed by atoms with E-state index in [1.54, 1.807) is 0 Å². The van der Waals surface area contributed by atoms with Crippen molar-refractivity contribution in [2.24, 2.45) is 0 Å². The van der Waals surface area contributed by atoms with Gasteiger partial charge in [0, 0.05) is 9.37 Å². The molecule has 0 radical (unpaired) electrons. The lowest BCUT2D eigenvalue weighted by Crippen LogP contribution is -1.73. The Balaban J connectivity index is 2.86. The molecule has 1 rings (SSSR count). The average Bonchev–Trinajstić information content (AvgIpc) is 1.98. The summed E-state index contributed by atoms with van der Waals surface area (Å²) in [7, 11) is 0. The molecule has 0 saturated heterocycles. The second-order valence-corrected chi connectivity index (χ2v) is 4.61. The number of benzene rings is 1. The van der Waals surface area contributed by atoms with Gasteiger partial charge in [-0.25, -0.2) is 0 Å². The first-order valence-electron chi connectivity index (χ1n) is 3.32. The Morgan fingerprint density at radius 1 is 1.55 bits per heavy atom. The molecule has 0 atom stereocenters. The summed E-state index contributed by atoms with van der Waals surface area (Å²) in [5, 5.41) is 0.769. The smallest absolute Gasteiger partial charge is 0.0548 e. The van der Waals surface area contributed by atoms with Crippen molar-refractivity contribution in [3.63, 3.8) is 0 Å². The maximum absolute atomic E-state index is 5.82. The van der Waals surface area contributed by atoms with E-state index in [4.69, 9.17) is 11.6 Å². The van der Waals surface area contributed by atoms with Gasteiger partial charge in [-0.2, -0.15) is 0 Å². The van der Waals surface area contributed by atoms with Crippen LogP contribution < -0.4 is 0 Å². The van der Waals surface area contributed by atoms with Gasteiger partial charge < -0.3 is 0 Å². The third-order valence-corrected chi connectivity index (χ3v) is 3.29. The van der Waals surface area contributed by atoms with Gasteiger partial charge in [0.2, 0.25) is 0 Å². The van der Waals surface area contributed by atoms with Crippen LogP contribution in [0.2, 0.25) is 5.02 Å². The maximum atomic E-state index is 5.82. The molecule has 0 aromatic heterocycles. The van der Waals surface area contributed by atoms with E-state index in [0.717, 1.165) is 15.2 Å². The third kappa shape index (κ3) is 2.69. The molecule has 60 valence electrons. The summed E-state index contributed by atoms with van der Waals surface area (Å²) in [6.45, 7) is 2.13. The first-order chi connectivity index (χ1) is 5.24. The van der Waals surface area contributed by atoms with E-state index in [1.807, 2.05) is 30.0 Å². The van der Waals surface area contributed by atoms with Crippen molar-refractivity contribution in [2.45, 2.75) is 11.8 Å². The lowest BCUT2D eigenvalue weighted by atomic mass is 10.4. The number of hydrogen-bond acceptors (Lipinski definition) is 1. The van der Waals surface area contributed by atoms with Crippen LogP contribution in [0.5, 0.6) is 0 Å². The van der Waals surface area contributed by atoms with E-state index < -0.39 is 0 Å². The van der Waals surface area contributed by atoms with Crippen LogP contribution in [0.3, 0.4) is 0 Å². The van der Waals surface area contributed by atoms with Crippen molar-refractivity contribution in [3.05, 3.63) is 27.7 Å². The second kappa shape index (κ2) is 4.39. The summed E-state index contributed by atoms with van der Waals surface area (Å²) in [5.41, 5.74) is 0. The summed E-state index contributed by atoms with van der Waals surface area (Å²) >= 11 is 11.0. The number of halogens is 2. The fourth-order valence-corrected chi connectivity index (χ4v) is 2.08. The molecular weight excluding hydrogens is 244 g/mol. The van der Waals surface area contributed by atoms with Crippen LogP contribution in [0.1, 0.15) is 6.92 Å². The van der Waals surface area contributed by atoms with Crippen LogP contribution in [0.15, 0.2) is 27.6 Å². The Morgan fingerprint density at radius 3 is 2.82 bits per heavy atom. The Morgan fingerprint density at radius 2 is 2.27 bits per heavy atom. The van der Waals surface area contributed by atoms with Crippen molar-refractivity contribution < 1.29 is 0 Å². The van der Waals surface area contributed by atoms with E-state index in [1.165, 1.54) is 4.90 Å². The summed E-state index contributed by atoms with van der Waals surface area (Å²) in [6.07, 6.45) is 0. The standard InChI is InChI=1S/C8H8BrClS/c1-2-11-6-3-4-8(10)7(9)5-6/h3-5H,2H2,1H3. The normalized spacial score (nSPS) is 10.1. The Labute approximate surface area is 84.5 Å². The van der Waals surface area contributed by atoms with E-state index in [0.29, 0.717) is 0 Å². The molecular formula is C8H8BrClS. The van der Waals surface area contributed by atoms with Gasteiger partial charge in [0.1, 0.15) is 0 Å². The first kappa shape index (κ1) is 9.43. The van der Waals surface area contributed by atoms with Crippen molar-refractivity contribution >= 4 is 39.3 Å². The number of rotatable bonds is 2. The van der Waals surface area contributed by atoms with Crippen molar-refractivity contribution in [3.8, 4) is 0 Å². The molecule has 0 aliphatic heterocycles. The Bertz CT molecular complexity index is 250. The molecule has 1 aromatic rings. The van der Waals surface area contributed by atoms with Crippen LogP contribution >= 0.6 is 39.3 Å². The number of hydrogen-bond donors (Lipinski definition) is 0. The molecule has 0 heterocycles. The van der Waals surface area contributed by atoms with Crippen LogP contribution in [-0.2, 0) is 0 Å². The molecule has 11 heavy (non-hydrogen) atoms. The zero-order valence-corrected chi connectivity index (χ0v) is 9.26. The molecule has 0 amide bonds. The van der Waals surface area contributed by atoms with Crippen LogP contribution in [0, 0.1) is 0 Å². The SMILES string of the molecule is CCSc1ccc(Cl)c(Br)c1. The highest BCUT2D eigenvalue weighted by Gasteiger charge is 1.97. The third-order valence-electron chi connectivity index (χ3n) is 1.20. The van der Waals surface area contributed by atoms with E-state index in [-0.39, 0.29) is 0 Å². The van der Waals surface area contributed by atoms with Crippen LogP contribution in [0.4, 0.5) is 0 Å². The molecule has 0 aliphatic rings. The van der Waals surface area contributed by atoms with Gasteiger partial charge in [0.25, 0.3) is 0 Å². The lowest BCUT2D eigenvalue weighted by Gasteiger charge is -1.99. The van der Waals surface area contributed by atoms with Gasteiger partial charge in [-0.3, -0.25) is 0 Å². The molecule has 1 aromatic carbocycles. The van der Waals surface area contributed by atoms with Gasteiger partial charge >= 0.3 is 0 Å². The topological polar surface area (TPSA) is 0 Å². The molecule has 0 bridgehead atoms. The Kier molecular flexibility index (Phi) is 3.76. The highest BCUT2D eigenvalue weighted by molar-refractivity contribution is 9.10. The summed E-state index contributed by atoms with van der Waals surface area (Å²) in [5.74, 6) is 1.09. The molecule has 3 heteroatoms. The molecule has 0 nitrogen and oxygen atoms in total. The zero-order valence-electron chi connectivity index (χ0n) is 6.10. The van der Waals surface area contributed by atoms with E-state index >= 15 is 0 Å². The van der Waals surface area contributed by atoms with Gasteiger partial charge in [-0.1, -0.05) is 18.5 Å². The van der Waals surface area contributed by atoms with Crippen molar-refractivity contribution in [2.75, 3.05) is 5.75 Å².